The molecule has 0 atom stereocenters. The third-order valence-corrected chi connectivity index (χ3v) is 9.43. The first-order chi connectivity index (χ1) is 25.8. The number of ether oxygens (including phenoxy) is 2. The van der Waals surface area contributed by atoms with Gasteiger partial charge < -0.3 is 19.3 Å². The van der Waals surface area contributed by atoms with Gasteiger partial charge in [-0.2, -0.15) is 0 Å². The molecule has 10 rings (SSSR count). The smallest absolute Gasteiger partial charge is 0.160 e. The molecule has 2 aliphatic rings. The standard InChI is InChI=1S/C46H30N4O2/c1-3-14-31(15-4-1)36-30-37(32-16-5-2-6-17-32)48-46(47-36)33-18-13-19-34(28-33)49-40-22-9-12-25-44(40)52-45-29-35(26-27-41(45)49)50-38-20-7-10-23-42(38)51-43-24-11-8-21-39(43)50/h1-30H. The van der Waals surface area contributed by atoms with Crippen LogP contribution in [0, 0.1) is 0 Å². The summed E-state index contributed by atoms with van der Waals surface area (Å²) in [5, 5.41) is 0. The average Bonchev–Trinajstić information content (AvgIpc) is 3.22. The Labute approximate surface area is 301 Å². The molecule has 0 bridgehead atoms. The fraction of sp³-hybridized carbons (Fsp3) is 0. The van der Waals surface area contributed by atoms with Gasteiger partial charge in [0.2, 0.25) is 0 Å². The topological polar surface area (TPSA) is 50.7 Å². The Hall–Kier alpha value is -7.18. The Morgan fingerprint density at radius 1 is 0.327 bits per heavy atom. The van der Waals surface area contributed by atoms with E-state index < -0.39 is 0 Å². The average molecular weight is 671 g/mol. The zero-order valence-corrected chi connectivity index (χ0v) is 27.9. The summed E-state index contributed by atoms with van der Waals surface area (Å²) in [7, 11) is 0. The fourth-order valence-electron chi connectivity index (χ4n) is 7.02. The van der Waals surface area contributed by atoms with Gasteiger partial charge in [-0.05, 0) is 66.7 Å². The van der Waals surface area contributed by atoms with Crippen molar-refractivity contribution in [3.63, 3.8) is 0 Å². The number of hydrogen-bond acceptors (Lipinski definition) is 6. The predicted octanol–water partition coefficient (Wildman–Crippen LogP) is 12.6. The van der Waals surface area contributed by atoms with Crippen LogP contribution in [0.15, 0.2) is 182 Å². The monoisotopic (exact) mass is 670 g/mol. The van der Waals surface area contributed by atoms with Crippen molar-refractivity contribution >= 4 is 34.1 Å². The highest BCUT2D eigenvalue weighted by Crippen LogP contribution is 2.55. The highest BCUT2D eigenvalue weighted by Gasteiger charge is 2.30. The van der Waals surface area contributed by atoms with Crippen molar-refractivity contribution in [2.45, 2.75) is 0 Å². The number of para-hydroxylation sites is 6. The first-order valence-electron chi connectivity index (χ1n) is 17.2. The van der Waals surface area contributed by atoms with Crippen LogP contribution in [-0.4, -0.2) is 9.97 Å². The van der Waals surface area contributed by atoms with E-state index in [-0.39, 0.29) is 0 Å². The third-order valence-electron chi connectivity index (χ3n) is 9.43. The maximum Gasteiger partial charge on any atom is 0.160 e. The van der Waals surface area contributed by atoms with Crippen molar-refractivity contribution in [3.05, 3.63) is 182 Å². The summed E-state index contributed by atoms with van der Waals surface area (Å²) in [6.07, 6.45) is 0. The Morgan fingerprint density at radius 3 is 1.33 bits per heavy atom. The Bertz CT molecular complexity index is 2500. The van der Waals surface area contributed by atoms with Crippen molar-refractivity contribution in [3.8, 4) is 56.9 Å². The first kappa shape index (κ1) is 29.7. The van der Waals surface area contributed by atoms with Gasteiger partial charge in [-0.1, -0.05) is 109 Å². The Balaban J connectivity index is 1.10. The van der Waals surface area contributed by atoms with E-state index in [0.29, 0.717) is 5.82 Å². The van der Waals surface area contributed by atoms with Gasteiger partial charge in [0.1, 0.15) is 0 Å². The summed E-state index contributed by atoms with van der Waals surface area (Å²) in [5.41, 5.74) is 10.5. The zero-order valence-electron chi connectivity index (χ0n) is 27.9. The van der Waals surface area contributed by atoms with Gasteiger partial charge in [-0.25, -0.2) is 9.97 Å². The number of fused-ring (bicyclic) bond motifs is 4. The van der Waals surface area contributed by atoms with Crippen LogP contribution in [0.5, 0.6) is 23.0 Å². The van der Waals surface area contributed by atoms with E-state index in [2.05, 4.69) is 101 Å². The number of aromatic nitrogens is 2. The van der Waals surface area contributed by atoms with Crippen molar-refractivity contribution < 1.29 is 9.47 Å². The molecule has 0 saturated carbocycles. The van der Waals surface area contributed by atoms with Crippen molar-refractivity contribution in [1.29, 1.82) is 0 Å². The minimum atomic E-state index is 0.656. The third kappa shape index (κ3) is 5.13. The molecule has 0 N–H and O–H groups in total. The lowest BCUT2D eigenvalue weighted by Gasteiger charge is -2.36. The highest BCUT2D eigenvalue weighted by atomic mass is 16.5. The normalized spacial score (nSPS) is 12.5. The maximum atomic E-state index is 6.66. The van der Waals surface area contributed by atoms with Crippen LogP contribution in [0.3, 0.4) is 0 Å². The molecule has 0 amide bonds. The van der Waals surface area contributed by atoms with E-state index in [1.807, 2.05) is 91.0 Å². The molecule has 0 unspecified atom stereocenters. The van der Waals surface area contributed by atoms with Gasteiger partial charge >= 0.3 is 0 Å². The quantitative estimate of drug-likeness (QED) is 0.182. The van der Waals surface area contributed by atoms with Gasteiger partial charge in [-0.3, -0.25) is 0 Å². The van der Waals surface area contributed by atoms with Crippen LogP contribution >= 0.6 is 0 Å². The number of nitrogens with zero attached hydrogens (tertiary/aromatic N) is 4. The maximum absolute atomic E-state index is 6.66. The molecular weight excluding hydrogens is 641 g/mol. The summed E-state index contributed by atoms with van der Waals surface area (Å²) in [6, 6.07) is 61.8. The summed E-state index contributed by atoms with van der Waals surface area (Å²) >= 11 is 0. The molecule has 6 nitrogen and oxygen atoms in total. The van der Waals surface area contributed by atoms with Crippen LogP contribution in [0.25, 0.3) is 33.9 Å². The molecule has 0 radical (unpaired) electrons. The highest BCUT2D eigenvalue weighted by molar-refractivity contribution is 5.91. The number of benzene rings is 7. The molecule has 0 spiro atoms. The van der Waals surface area contributed by atoms with Gasteiger partial charge in [0, 0.05) is 28.4 Å². The van der Waals surface area contributed by atoms with Gasteiger partial charge in [-0.15, -0.1) is 0 Å². The molecule has 2 aliphatic heterocycles. The number of rotatable bonds is 5. The van der Waals surface area contributed by atoms with E-state index in [1.165, 1.54) is 0 Å². The summed E-state index contributed by atoms with van der Waals surface area (Å²) in [6.45, 7) is 0. The van der Waals surface area contributed by atoms with Gasteiger partial charge in [0.05, 0.1) is 39.8 Å². The van der Waals surface area contributed by atoms with E-state index in [0.717, 1.165) is 85.2 Å². The molecule has 6 heteroatoms. The number of hydrogen-bond donors (Lipinski definition) is 0. The molecule has 0 fully saturated rings. The van der Waals surface area contributed by atoms with Crippen molar-refractivity contribution in [2.24, 2.45) is 0 Å². The van der Waals surface area contributed by atoms with E-state index in [9.17, 15) is 0 Å². The first-order valence-corrected chi connectivity index (χ1v) is 17.2. The van der Waals surface area contributed by atoms with Crippen LogP contribution in [0.4, 0.5) is 34.1 Å². The SMILES string of the molecule is c1ccc(-c2cc(-c3ccccc3)nc(-c3cccc(N4c5ccccc5Oc5cc(N6c7ccccc7Oc7ccccc76)ccc54)c3)n2)cc1. The molecular formula is C46H30N4O2. The molecule has 0 aliphatic carbocycles. The largest absolute Gasteiger partial charge is 0.453 e. The molecule has 7 aromatic carbocycles. The van der Waals surface area contributed by atoms with Gasteiger partial charge in [0.15, 0.2) is 28.8 Å². The zero-order chi connectivity index (χ0) is 34.4. The lowest BCUT2D eigenvalue weighted by Crippen LogP contribution is -2.18. The van der Waals surface area contributed by atoms with Crippen LogP contribution < -0.4 is 19.3 Å². The molecule has 8 aromatic rings. The van der Waals surface area contributed by atoms with Crippen molar-refractivity contribution in [1.82, 2.24) is 9.97 Å². The second-order valence-corrected chi connectivity index (χ2v) is 12.7. The minimum Gasteiger partial charge on any atom is -0.453 e. The summed E-state index contributed by atoms with van der Waals surface area (Å²) in [5.74, 6) is 3.78. The predicted molar refractivity (Wildman–Crippen MR) is 208 cm³/mol. The molecule has 246 valence electrons. The molecule has 52 heavy (non-hydrogen) atoms. The molecule has 3 heterocycles. The Kier molecular flexibility index (Phi) is 7.03. The van der Waals surface area contributed by atoms with E-state index in [1.54, 1.807) is 0 Å². The lowest BCUT2D eigenvalue weighted by atomic mass is 10.1. The lowest BCUT2D eigenvalue weighted by molar-refractivity contribution is 0.474. The Morgan fingerprint density at radius 2 is 0.769 bits per heavy atom. The second-order valence-electron chi connectivity index (χ2n) is 12.7. The second kappa shape index (κ2) is 12.3. The van der Waals surface area contributed by atoms with Crippen LogP contribution in [0.1, 0.15) is 0 Å². The van der Waals surface area contributed by atoms with E-state index in [4.69, 9.17) is 19.4 Å². The summed E-state index contributed by atoms with van der Waals surface area (Å²) in [4.78, 5) is 14.7. The van der Waals surface area contributed by atoms with Crippen molar-refractivity contribution in [2.75, 3.05) is 9.80 Å². The fourth-order valence-corrected chi connectivity index (χ4v) is 7.02. The number of anilines is 6. The van der Waals surface area contributed by atoms with Crippen LogP contribution in [-0.2, 0) is 0 Å². The van der Waals surface area contributed by atoms with Gasteiger partial charge in [0.25, 0.3) is 0 Å². The minimum absolute atomic E-state index is 0.656. The van der Waals surface area contributed by atoms with Crippen LogP contribution in [0.2, 0.25) is 0 Å². The molecule has 0 saturated heterocycles. The summed E-state index contributed by atoms with van der Waals surface area (Å²) < 4.78 is 12.9. The molecule has 1 aromatic heterocycles. The van der Waals surface area contributed by atoms with E-state index >= 15 is 0 Å².